The number of aromatic nitrogens is 2. The molecule has 0 spiro atoms. The van der Waals surface area contributed by atoms with Gasteiger partial charge in [0.1, 0.15) is 10.4 Å². The first-order chi connectivity index (χ1) is 15.9. The monoisotopic (exact) mass is 562 g/mol. The Bertz CT molecular complexity index is 1360. The van der Waals surface area contributed by atoms with Crippen LogP contribution >= 0.6 is 27.7 Å². The molecule has 0 radical (unpaired) electrons. The van der Waals surface area contributed by atoms with E-state index in [1.54, 1.807) is 24.3 Å². The number of benzene rings is 2. The quantitative estimate of drug-likeness (QED) is 0.361. The summed E-state index contributed by atoms with van der Waals surface area (Å²) in [5.74, 6) is 0.423. The topological polar surface area (TPSA) is 59.3 Å². The Balaban J connectivity index is 1.72. The molecule has 0 atom stereocenters. The van der Waals surface area contributed by atoms with Gasteiger partial charge in [0, 0.05) is 12.4 Å². The second-order valence-electron chi connectivity index (χ2n) is 7.19. The second-order valence-corrected chi connectivity index (χ2v) is 8.95. The van der Waals surface area contributed by atoms with E-state index >= 15 is 0 Å². The zero-order valence-electron chi connectivity index (χ0n) is 17.1. The SMILES string of the molecule is CN=C1NC(=O)S/C1=C\c1ccc2nn(Cc3ccc(C(F)(F)F)cc3C(F)(F)F)c(Br)c2c1. The van der Waals surface area contributed by atoms with Gasteiger partial charge in [0.25, 0.3) is 5.24 Å². The summed E-state index contributed by atoms with van der Waals surface area (Å²) in [6.45, 7) is -0.403. The molecule has 1 aliphatic heterocycles. The van der Waals surface area contributed by atoms with Crippen molar-refractivity contribution < 1.29 is 31.1 Å². The summed E-state index contributed by atoms with van der Waals surface area (Å²) >= 11 is 4.31. The van der Waals surface area contributed by atoms with Crippen molar-refractivity contribution in [2.75, 3.05) is 7.05 Å². The van der Waals surface area contributed by atoms with Crippen molar-refractivity contribution in [3.05, 3.63) is 68.2 Å². The van der Waals surface area contributed by atoms with Crippen molar-refractivity contribution in [3.8, 4) is 0 Å². The van der Waals surface area contributed by atoms with Crippen LogP contribution in [0.1, 0.15) is 22.3 Å². The van der Waals surface area contributed by atoms with E-state index in [4.69, 9.17) is 0 Å². The molecule has 0 unspecified atom stereocenters. The lowest BCUT2D eigenvalue weighted by Gasteiger charge is -2.16. The van der Waals surface area contributed by atoms with Gasteiger partial charge in [-0.3, -0.25) is 14.5 Å². The smallest absolute Gasteiger partial charge is 0.300 e. The van der Waals surface area contributed by atoms with Crippen molar-refractivity contribution in [2.24, 2.45) is 4.99 Å². The van der Waals surface area contributed by atoms with Crippen LogP contribution in [0, 0.1) is 0 Å². The van der Waals surface area contributed by atoms with Crippen LogP contribution in [-0.4, -0.2) is 27.9 Å². The van der Waals surface area contributed by atoms with Crippen molar-refractivity contribution in [1.82, 2.24) is 15.1 Å². The Morgan fingerprint density at radius 1 is 1.12 bits per heavy atom. The largest absolute Gasteiger partial charge is 0.416 e. The highest BCUT2D eigenvalue weighted by Crippen LogP contribution is 2.38. The number of alkyl halides is 6. The number of amides is 1. The van der Waals surface area contributed by atoms with E-state index < -0.39 is 30.0 Å². The predicted molar refractivity (Wildman–Crippen MR) is 120 cm³/mol. The number of nitrogens with one attached hydrogen (secondary N) is 1. The fourth-order valence-corrected chi connectivity index (χ4v) is 4.68. The van der Waals surface area contributed by atoms with Crippen LogP contribution in [0.3, 0.4) is 0 Å². The number of rotatable bonds is 3. The summed E-state index contributed by atoms with van der Waals surface area (Å²) in [5.41, 5.74) is -1.95. The van der Waals surface area contributed by atoms with Gasteiger partial charge in [-0.1, -0.05) is 12.1 Å². The first-order valence-electron chi connectivity index (χ1n) is 9.48. The first-order valence-corrected chi connectivity index (χ1v) is 11.1. The van der Waals surface area contributed by atoms with Gasteiger partial charge in [-0.25, -0.2) is 0 Å². The Hall–Kier alpha value is -2.80. The van der Waals surface area contributed by atoms with Gasteiger partial charge >= 0.3 is 12.4 Å². The van der Waals surface area contributed by atoms with E-state index in [0.29, 0.717) is 37.9 Å². The highest BCUT2D eigenvalue weighted by Gasteiger charge is 2.38. The Labute approximate surface area is 201 Å². The van der Waals surface area contributed by atoms with Crippen LogP contribution in [0.4, 0.5) is 31.1 Å². The zero-order valence-corrected chi connectivity index (χ0v) is 19.5. The molecule has 1 N–H and O–H groups in total. The van der Waals surface area contributed by atoms with Crippen LogP contribution in [0.2, 0.25) is 0 Å². The van der Waals surface area contributed by atoms with Gasteiger partial charge in [0.2, 0.25) is 0 Å². The average Bonchev–Trinajstić information content (AvgIpc) is 3.25. The maximum absolute atomic E-state index is 13.5. The molecule has 5 nitrogen and oxygen atoms in total. The lowest BCUT2D eigenvalue weighted by Crippen LogP contribution is -2.18. The summed E-state index contributed by atoms with van der Waals surface area (Å²) in [4.78, 5) is 16.2. The van der Waals surface area contributed by atoms with E-state index in [-0.39, 0.29) is 16.9 Å². The maximum Gasteiger partial charge on any atom is 0.416 e. The summed E-state index contributed by atoms with van der Waals surface area (Å²) in [6, 6.07) is 6.63. The second kappa shape index (κ2) is 8.77. The minimum atomic E-state index is -4.97. The molecule has 34 heavy (non-hydrogen) atoms. The third-order valence-corrected chi connectivity index (χ3v) is 6.59. The van der Waals surface area contributed by atoms with Gasteiger partial charge in [-0.05, 0) is 69.2 Å². The van der Waals surface area contributed by atoms with Crippen molar-refractivity contribution in [3.63, 3.8) is 0 Å². The molecular formula is C21H13BrF6N4OS. The van der Waals surface area contributed by atoms with Gasteiger partial charge in [-0.2, -0.15) is 31.4 Å². The van der Waals surface area contributed by atoms with E-state index in [2.05, 4.69) is 31.3 Å². The lowest BCUT2D eigenvalue weighted by molar-refractivity contribution is -0.143. The molecule has 2 aromatic carbocycles. The molecule has 2 heterocycles. The fraction of sp³-hybridized carbons (Fsp3) is 0.190. The van der Waals surface area contributed by atoms with Crippen LogP contribution in [0.15, 0.2) is 50.9 Å². The molecule has 0 bridgehead atoms. The highest BCUT2D eigenvalue weighted by molar-refractivity contribution is 9.10. The molecular weight excluding hydrogens is 550 g/mol. The summed E-state index contributed by atoms with van der Waals surface area (Å²) in [5, 5.41) is 7.20. The number of halogens is 7. The minimum Gasteiger partial charge on any atom is -0.300 e. The number of thioether (sulfide) groups is 1. The van der Waals surface area contributed by atoms with Crippen molar-refractivity contribution in [1.29, 1.82) is 0 Å². The van der Waals surface area contributed by atoms with Gasteiger partial charge in [0.15, 0.2) is 0 Å². The van der Waals surface area contributed by atoms with Crippen molar-refractivity contribution >= 4 is 55.7 Å². The minimum absolute atomic E-state index is 0.109. The van der Waals surface area contributed by atoms with Gasteiger partial charge in [-0.15, -0.1) is 0 Å². The van der Waals surface area contributed by atoms with Crippen LogP contribution in [-0.2, 0) is 18.9 Å². The van der Waals surface area contributed by atoms with Gasteiger partial charge in [0.05, 0.1) is 28.1 Å². The third kappa shape index (κ3) is 4.85. The molecule has 1 fully saturated rings. The number of amidine groups is 1. The van der Waals surface area contributed by atoms with E-state index in [1.165, 1.54) is 11.7 Å². The Kier molecular flexibility index (Phi) is 6.27. The number of carbonyl (C=O) groups is 1. The normalized spacial score (nSPS) is 17.2. The molecule has 1 saturated heterocycles. The first kappa shape index (κ1) is 24.3. The fourth-order valence-electron chi connectivity index (χ4n) is 3.38. The van der Waals surface area contributed by atoms with Crippen LogP contribution < -0.4 is 5.32 Å². The average molecular weight is 563 g/mol. The number of carbonyl (C=O) groups excluding carboxylic acids is 1. The van der Waals surface area contributed by atoms with E-state index in [0.717, 1.165) is 17.8 Å². The third-order valence-electron chi connectivity index (χ3n) is 4.94. The molecule has 0 aliphatic carbocycles. The summed E-state index contributed by atoms with van der Waals surface area (Å²) in [7, 11) is 1.54. The molecule has 13 heteroatoms. The van der Waals surface area contributed by atoms with Crippen LogP contribution in [0.25, 0.3) is 17.0 Å². The lowest BCUT2D eigenvalue weighted by atomic mass is 10.0. The van der Waals surface area contributed by atoms with E-state index in [9.17, 15) is 31.1 Å². The Morgan fingerprint density at radius 2 is 1.85 bits per heavy atom. The predicted octanol–water partition coefficient (Wildman–Crippen LogP) is 6.71. The molecule has 3 aromatic rings. The number of nitrogens with zero attached hydrogens (tertiary/aromatic N) is 3. The molecule has 1 aromatic heterocycles. The zero-order chi connectivity index (χ0) is 24.8. The standard InChI is InChI=1S/C21H13BrF6N4OS/c1-29-18-16(34-19(33)30-18)7-10-2-5-15-13(6-10)17(22)32(31-15)9-11-3-4-12(20(23,24)25)8-14(11)21(26,27)28/h2-8H,9H2,1H3,(H,29,30,33)/b16-7-. The summed E-state index contributed by atoms with van der Waals surface area (Å²) < 4.78 is 80.9. The summed E-state index contributed by atoms with van der Waals surface area (Å²) in [6.07, 6.45) is -8.14. The number of aliphatic imine (C=N–C) groups is 1. The van der Waals surface area contributed by atoms with Gasteiger partial charge < -0.3 is 5.32 Å². The molecule has 1 aliphatic rings. The molecule has 0 saturated carbocycles. The van der Waals surface area contributed by atoms with E-state index in [1.807, 2.05) is 0 Å². The number of fused-ring (bicyclic) bond motifs is 1. The number of hydrogen-bond donors (Lipinski definition) is 1. The molecule has 4 rings (SSSR count). The molecule has 1 amide bonds. The Morgan fingerprint density at radius 3 is 2.50 bits per heavy atom. The number of hydrogen-bond acceptors (Lipinski definition) is 4. The molecule has 178 valence electrons. The van der Waals surface area contributed by atoms with Crippen LogP contribution in [0.5, 0.6) is 0 Å². The maximum atomic E-state index is 13.5. The van der Waals surface area contributed by atoms with Crippen molar-refractivity contribution in [2.45, 2.75) is 18.9 Å². The highest BCUT2D eigenvalue weighted by atomic mass is 79.9.